The van der Waals surface area contributed by atoms with Crippen molar-refractivity contribution in [3.05, 3.63) is 59.7 Å². The number of hydrogen-bond donors (Lipinski definition) is 1. The van der Waals surface area contributed by atoms with Crippen molar-refractivity contribution in [2.45, 2.75) is 32.6 Å². The van der Waals surface area contributed by atoms with Crippen molar-refractivity contribution in [2.75, 3.05) is 64.4 Å². The summed E-state index contributed by atoms with van der Waals surface area (Å²) in [6.45, 7) is 9.34. The fraction of sp³-hybridized carbons (Fsp3) is 0.517. The Morgan fingerprint density at radius 1 is 0.917 bits per heavy atom. The second kappa shape index (κ2) is 12.8. The quantitative estimate of drug-likeness (QED) is 0.542. The van der Waals surface area contributed by atoms with E-state index in [1.54, 1.807) is 7.11 Å². The van der Waals surface area contributed by atoms with Gasteiger partial charge in [-0.15, -0.1) is 0 Å². The molecule has 2 heterocycles. The maximum absolute atomic E-state index is 12.7. The predicted molar refractivity (Wildman–Crippen MR) is 144 cm³/mol. The highest BCUT2D eigenvalue weighted by Crippen LogP contribution is 2.22. The van der Waals surface area contributed by atoms with E-state index in [-0.39, 0.29) is 11.8 Å². The van der Waals surface area contributed by atoms with E-state index < -0.39 is 0 Å². The SMILES string of the molecule is COc1ccc(N2CCN(CCCNC(=O)CC3CCN(C(=O)c4ccc(C)cc4)CC3)CC2)cc1. The number of benzene rings is 2. The molecule has 0 aromatic heterocycles. The highest BCUT2D eigenvalue weighted by molar-refractivity contribution is 5.94. The van der Waals surface area contributed by atoms with E-state index in [0.717, 1.165) is 88.5 Å². The molecule has 36 heavy (non-hydrogen) atoms. The zero-order chi connectivity index (χ0) is 25.3. The largest absolute Gasteiger partial charge is 0.497 e. The van der Waals surface area contributed by atoms with Gasteiger partial charge < -0.3 is 19.9 Å². The fourth-order valence-corrected chi connectivity index (χ4v) is 5.11. The molecule has 0 unspecified atom stereocenters. The average Bonchev–Trinajstić information content (AvgIpc) is 2.92. The number of nitrogens with one attached hydrogen (secondary N) is 1. The molecule has 0 spiro atoms. The summed E-state index contributed by atoms with van der Waals surface area (Å²) in [5.41, 5.74) is 3.15. The maximum atomic E-state index is 12.7. The highest BCUT2D eigenvalue weighted by atomic mass is 16.5. The summed E-state index contributed by atoms with van der Waals surface area (Å²) in [5.74, 6) is 1.49. The third kappa shape index (κ3) is 7.23. The summed E-state index contributed by atoms with van der Waals surface area (Å²) < 4.78 is 5.25. The van der Waals surface area contributed by atoms with Gasteiger partial charge in [-0.1, -0.05) is 17.7 Å². The van der Waals surface area contributed by atoms with Crippen LogP contribution in [0.4, 0.5) is 5.69 Å². The van der Waals surface area contributed by atoms with Crippen molar-refractivity contribution < 1.29 is 14.3 Å². The minimum atomic E-state index is 0.0998. The summed E-state index contributed by atoms with van der Waals surface area (Å²) >= 11 is 0. The molecular weight excluding hydrogens is 452 g/mol. The van der Waals surface area contributed by atoms with Crippen molar-refractivity contribution in [3.63, 3.8) is 0 Å². The fourth-order valence-electron chi connectivity index (χ4n) is 5.11. The standard InChI is InChI=1S/C29H40N4O3/c1-23-4-6-25(7-5-23)29(35)33-16-12-24(13-17-33)22-28(34)30-14-3-15-31-18-20-32(21-19-31)26-8-10-27(36-2)11-9-26/h4-11,24H,3,12-22H2,1-2H3,(H,30,34). The molecule has 2 amide bonds. The van der Waals surface area contributed by atoms with E-state index in [1.807, 2.05) is 48.2 Å². The Morgan fingerprint density at radius 3 is 2.22 bits per heavy atom. The van der Waals surface area contributed by atoms with Gasteiger partial charge in [0.2, 0.25) is 5.91 Å². The van der Waals surface area contributed by atoms with Crippen molar-refractivity contribution in [1.82, 2.24) is 15.1 Å². The molecule has 1 N–H and O–H groups in total. The van der Waals surface area contributed by atoms with Gasteiger partial charge in [-0.2, -0.15) is 0 Å². The second-order valence-corrected chi connectivity index (χ2v) is 10.0. The first-order valence-electron chi connectivity index (χ1n) is 13.3. The first kappa shape index (κ1) is 26.0. The lowest BCUT2D eigenvalue weighted by Gasteiger charge is -2.36. The Bertz CT molecular complexity index is 977. The average molecular weight is 493 g/mol. The monoisotopic (exact) mass is 492 g/mol. The summed E-state index contributed by atoms with van der Waals surface area (Å²) in [5, 5.41) is 3.11. The molecule has 7 heteroatoms. The second-order valence-electron chi connectivity index (χ2n) is 10.0. The van der Waals surface area contributed by atoms with Crippen LogP contribution in [0.25, 0.3) is 0 Å². The van der Waals surface area contributed by atoms with Gasteiger partial charge in [0.15, 0.2) is 0 Å². The topological polar surface area (TPSA) is 65.1 Å². The molecule has 2 aromatic rings. The molecule has 2 fully saturated rings. The predicted octanol–water partition coefficient (Wildman–Crippen LogP) is 3.57. The van der Waals surface area contributed by atoms with E-state index >= 15 is 0 Å². The van der Waals surface area contributed by atoms with Gasteiger partial charge in [-0.05, 0) is 75.0 Å². The first-order chi connectivity index (χ1) is 17.5. The summed E-state index contributed by atoms with van der Waals surface area (Å²) in [6, 6.07) is 16.0. The van der Waals surface area contributed by atoms with Gasteiger partial charge in [0.1, 0.15) is 5.75 Å². The number of ether oxygens (including phenoxy) is 1. The van der Waals surface area contributed by atoms with Crippen molar-refractivity contribution in [2.24, 2.45) is 5.92 Å². The van der Waals surface area contributed by atoms with Crippen LogP contribution in [0, 0.1) is 12.8 Å². The van der Waals surface area contributed by atoms with Crippen LogP contribution in [-0.2, 0) is 4.79 Å². The van der Waals surface area contributed by atoms with Crippen LogP contribution < -0.4 is 15.0 Å². The molecule has 2 saturated heterocycles. The number of piperidine rings is 1. The van der Waals surface area contributed by atoms with Gasteiger partial charge in [0, 0.05) is 63.5 Å². The number of methoxy groups -OCH3 is 1. The van der Waals surface area contributed by atoms with Crippen LogP contribution in [0.1, 0.15) is 41.6 Å². The summed E-state index contributed by atoms with van der Waals surface area (Å²) in [4.78, 5) is 32.0. The highest BCUT2D eigenvalue weighted by Gasteiger charge is 2.25. The van der Waals surface area contributed by atoms with Crippen molar-refractivity contribution in [1.29, 1.82) is 0 Å². The lowest BCUT2D eigenvalue weighted by Crippen LogP contribution is -2.47. The van der Waals surface area contributed by atoms with Gasteiger partial charge in [0.05, 0.1) is 7.11 Å². The molecule has 0 bridgehead atoms. The molecule has 4 rings (SSSR count). The molecule has 194 valence electrons. The Morgan fingerprint density at radius 2 is 1.58 bits per heavy atom. The molecule has 0 atom stereocenters. The molecule has 0 aliphatic carbocycles. The van der Waals surface area contributed by atoms with Gasteiger partial charge in [0.25, 0.3) is 5.91 Å². The van der Waals surface area contributed by atoms with E-state index in [2.05, 4.69) is 27.2 Å². The summed E-state index contributed by atoms with van der Waals surface area (Å²) in [7, 11) is 1.69. The molecular formula is C29H40N4O3. The van der Waals surface area contributed by atoms with E-state index in [9.17, 15) is 9.59 Å². The Balaban J connectivity index is 1.07. The number of likely N-dealkylation sites (tertiary alicyclic amines) is 1. The Hall–Kier alpha value is -3.06. The number of rotatable bonds is 9. The third-order valence-corrected chi connectivity index (χ3v) is 7.46. The van der Waals surface area contributed by atoms with Crippen molar-refractivity contribution >= 4 is 17.5 Å². The summed E-state index contributed by atoms with van der Waals surface area (Å²) in [6.07, 6.45) is 3.32. The molecule has 7 nitrogen and oxygen atoms in total. The van der Waals surface area contributed by atoms with Gasteiger partial charge in [-0.3, -0.25) is 14.5 Å². The molecule has 2 aromatic carbocycles. The Labute approximate surface area is 215 Å². The maximum Gasteiger partial charge on any atom is 0.253 e. The van der Waals surface area contributed by atoms with Crippen LogP contribution in [0.3, 0.4) is 0 Å². The zero-order valence-corrected chi connectivity index (χ0v) is 21.7. The van der Waals surface area contributed by atoms with Gasteiger partial charge >= 0.3 is 0 Å². The number of piperazine rings is 1. The van der Waals surface area contributed by atoms with Crippen LogP contribution >= 0.6 is 0 Å². The zero-order valence-electron chi connectivity index (χ0n) is 21.7. The number of carbonyl (C=O) groups excluding carboxylic acids is 2. The third-order valence-electron chi connectivity index (χ3n) is 7.46. The normalized spacial score (nSPS) is 17.2. The molecule has 0 saturated carbocycles. The molecule has 0 radical (unpaired) electrons. The number of aryl methyl sites for hydroxylation is 1. The van der Waals surface area contributed by atoms with Crippen LogP contribution in [0.5, 0.6) is 5.75 Å². The van der Waals surface area contributed by atoms with Crippen LogP contribution in [-0.4, -0.2) is 81.1 Å². The lowest BCUT2D eigenvalue weighted by molar-refractivity contribution is -0.122. The minimum Gasteiger partial charge on any atom is -0.497 e. The molecule has 2 aliphatic heterocycles. The van der Waals surface area contributed by atoms with Crippen LogP contribution in [0.15, 0.2) is 48.5 Å². The first-order valence-corrected chi connectivity index (χ1v) is 13.3. The minimum absolute atomic E-state index is 0.0998. The molecule has 2 aliphatic rings. The number of carbonyl (C=O) groups is 2. The lowest BCUT2D eigenvalue weighted by atomic mass is 9.93. The number of hydrogen-bond acceptors (Lipinski definition) is 5. The number of nitrogens with zero attached hydrogens (tertiary/aromatic N) is 3. The van der Waals surface area contributed by atoms with E-state index in [0.29, 0.717) is 12.3 Å². The van der Waals surface area contributed by atoms with Crippen molar-refractivity contribution in [3.8, 4) is 5.75 Å². The number of amides is 2. The smallest absolute Gasteiger partial charge is 0.253 e. The van der Waals surface area contributed by atoms with E-state index in [1.165, 1.54) is 5.69 Å². The number of anilines is 1. The van der Waals surface area contributed by atoms with E-state index in [4.69, 9.17) is 4.74 Å². The Kier molecular flexibility index (Phi) is 9.23. The van der Waals surface area contributed by atoms with Gasteiger partial charge in [-0.25, -0.2) is 0 Å². The van der Waals surface area contributed by atoms with Crippen LogP contribution in [0.2, 0.25) is 0 Å².